The Bertz CT molecular complexity index is 779. The molecule has 2 amide bonds. The first-order valence-corrected chi connectivity index (χ1v) is 12.3. The topological polar surface area (TPSA) is 137 Å². The first-order chi connectivity index (χ1) is 18.0. The fourth-order valence-corrected chi connectivity index (χ4v) is 2.96. The van der Waals surface area contributed by atoms with E-state index in [0.29, 0.717) is 90.0 Å². The standard InChI is InChI=1S/C25H42N4O8/c1-26-22-5-4-21(19-37-20-30)23(18-22)25(32)28-8-11-34-13-15-36-17-16-35-14-12-33-10-6-24(31)27-7-9-29(2)3/h4-5,18,20,26H,6-17,19H2,1-3H3,(H,27,31)(H,28,32). The fourth-order valence-electron chi connectivity index (χ4n) is 2.96. The Kier molecular flexibility index (Phi) is 18.6. The molecule has 0 fully saturated rings. The Morgan fingerprint density at radius 2 is 1.49 bits per heavy atom. The maximum absolute atomic E-state index is 12.5. The van der Waals surface area contributed by atoms with Crippen molar-refractivity contribution in [2.75, 3.05) is 98.9 Å². The van der Waals surface area contributed by atoms with E-state index in [1.165, 1.54) is 0 Å². The largest absolute Gasteiger partial charge is 0.463 e. The lowest BCUT2D eigenvalue weighted by molar-refractivity contribution is -0.129. The average Bonchev–Trinajstić information content (AvgIpc) is 2.89. The second kappa shape index (κ2) is 21.3. The molecule has 37 heavy (non-hydrogen) atoms. The summed E-state index contributed by atoms with van der Waals surface area (Å²) in [5, 5.41) is 8.60. The normalized spacial score (nSPS) is 10.8. The molecule has 0 bridgehead atoms. The first-order valence-electron chi connectivity index (χ1n) is 12.3. The highest BCUT2D eigenvalue weighted by molar-refractivity contribution is 5.96. The summed E-state index contributed by atoms with van der Waals surface area (Å²) in [5.74, 6) is -0.291. The molecule has 0 aromatic heterocycles. The van der Waals surface area contributed by atoms with Gasteiger partial charge in [0, 0.05) is 49.9 Å². The Hall–Kier alpha value is -2.77. The van der Waals surface area contributed by atoms with Crippen molar-refractivity contribution in [3.05, 3.63) is 29.3 Å². The van der Waals surface area contributed by atoms with Gasteiger partial charge in [-0.3, -0.25) is 14.4 Å². The van der Waals surface area contributed by atoms with E-state index in [9.17, 15) is 14.4 Å². The van der Waals surface area contributed by atoms with Gasteiger partial charge in [-0.05, 0) is 26.2 Å². The van der Waals surface area contributed by atoms with Gasteiger partial charge in [0.1, 0.15) is 6.61 Å². The Morgan fingerprint density at radius 3 is 2.08 bits per heavy atom. The number of nitrogens with zero attached hydrogens (tertiary/aromatic N) is 1. The zero-order valence-electron chi connectivity index (χ0n) is 22.2. The van der Waals surface area contributed by atoms with E-state index in [-0.39, 0.29) is 18.4 Å². The van der Waals surface area contributed by atoms with Gasteiger partial charge in [0.05, 0.1) is 52.9 Å². The molecule has 210 valence electrons. The highest BCUT2D eigenvalue weighted by Gasteiger charge is 2.12. The zero-order valence-corrected chi connectivity index (χ0v) is 22.2. The van der Waals surface area contributed by atoms with Crippen LogP contribution in [0.3, 0.4) is 0 Å². The fraction of sp³-hybridized carbons (Fsp3) is 0.640. The van der Waals surface area contributed by atoms with Crippen molar-refractivity contribution in [1.29, 1.82) is 0 Å². The van der Waals surface area contributed by atoms with Gasteiger partial charge in [0.2, 0.25) is 5.91 Å². The van der Waals surface area contributed by atoms with Crippen LogP contribution in [0.4, 0.5) is 5.69 Å². The van der Waals surface area contributed by atoms with Gasteiger partial charge in [0.25, 0.3) is 12.4 Å². The molecule has 0 spiro atoms. The number of hydrogen-bond donors (Lipinski definition) is 3. The van der Waals surface area contributed by atoms with E-state index in [4.69, 9.17) is 23.7 Å². The molecule has 0 aliphatic heterocycles. The van der Waals surface area contributed by atoms with Gasteiger partial charge >= 0.3 is 0 Å². The Balaban J connectivity index is 1.97. The number of anilines is 1. The van der Waals surface area contributed by atoms with E-state index < -0.39 is 0 Å². The van der Waals surface area contributed by atoms with E-state index in [1.807, 2.05) is 19.0 Å². The molecule has 1 aromatic rings. The molecule has 3 N–H and O–H groups in total. The molecule has 12 nitrogen and oxygen atoms in total. The van der Waals surface area contributed by atoms with Crippen molar-refractivity contribution in [3.8, 4) is 0 Å². The van der Waals surface area contributed by atoms with Crippen LogP contribution >= 0.6 is 0 Å². The van der Waals surface area contributed by atoms with Gasteiger partial charge in [-0.1, -0.05) is 6.07 Å². The SMILES string of the molecule is CNc1ccc(COC=O)c(C(=O)NCCOCCOCCOCCOCCC(=O)NCCN(C)C)c1. The molecule has 0 radical (unpaired) electrons. The third-order valence-corrected chi connectivity index (χ3v) is 4.95. The zero-order chi connectivity index (χ0) is 27.1. The van der Waals surface area contributed by atoms with E-state index in [0.717, 1.165) is 12.2 Å². The van der Waals surface area contributed by atoms with Gasteiger partial charge in [-0.2, -0.15) is 0 Å². The minimum atomic E-state index is -0.272. The summed E-state index contributed by atoms with van der Waals surface area (Å²) in [6.45, 7) is 5.37. The third-order valence-electron chi connectivity index (χ3n) is 4.95. The summed E-state index contributed by atoms with van der Waals surface area (Å²) in [7, 11) is 5.67. The second-order valence-electron chi connectivity index (χ2n) is 8.14. The number of carbonyl (C=O) groups is 3. The van der Waals surface area contributed by atoms with Crippen molar-refractivity contribution in [2.45, 2.75) is 13.0 Å². The maximum atomic E-state index is 12.5. The molecule has 0 saturated heterocycles. The lowest BCUT2D eigenvalue weighted by Gasteiger charge is -2.12. The average molecular weight is 527 g/mol. The van der Waals surface area contributed by atoms with Crippen molar-refractivity contribution in [2.24, 2.45) is 0 Å². The summed E-state index contributed by atoms with van der Waals surface area (Å²) in [5.41, 5.74) is 1.83. The molecule has 1 rings (SSSR count). The predicted molar refractivity (Wildman–Crippen MR) is 139 cm³/mol. The molecular weight excluding hydrogens is 484 g/mol. The lowest BCUT2D eigenvalue weighted by atomic mass is 10.1. The van der Waals surface area contributed by atoms with Crippen molar-refractivity contribution >= 4 is 24.0 Å². The Morgan fingerprint density at radius 1 is 0.865 bits per heavy atom. The van der Waals surface area contributed by atoms with Crippen LogP contribution in [-0.4, -0.2) is 117 Å². The van der Waals surface area contributed by atoms with Gasteiger partial charge < -0.3 is 44.5 Å². The molecule has 0 heterocycles. The summed E-state index contributed by atoms with van der Waals surface area (Å²) in [6.07, 6.45) is 0.334. The Labute approximate surface area is 219 Å². The highest BCUT2D eigenvalue weighted by Crippen LogP contribution is 2.16. The number of benzene rings is 1. The highest BCUT2D eigenvalue weighted by atomic mass is 16.6. The number of carbonyl (C=O) groups excluding carboxylic acids is 3. The van der Waals surface area contributed by atoms with Gasteiger partial charge in [-0.15, -0.1) is 0 Å². The number of amides is 2. The second-order valence-corrected chi connectivity index (χ2v) is 8.14. The predicted octanol–water partition coefficient (Wildman–Crippen LogP) is 0.265. The minimum Gasteiger partial charge on any atom is -0.463 e. The van der Waals surface area contributed by atoms with Gasteiger partial charge in [0.15, 0.2) is 0 Å². The summed E-state index contributed by atoms with van der Waals surface area (Å²) in [6, 6.07) is 5.25. The minimum absolute atomic E-state index is 0.0181. The van der Waals surface area contributed by atoms with Crippen LogP contribution in [0.1, 0.15) is 22.3 Å². The molecule has 0 aliphatic carbocycles. The molecule has 0 atom stereocenters. The summed E-state index contributed by atoms with van der Waals surface area (Å²) in [4.78, 5) is 36.6. The lowest BCUT2D eigenvalue weighted by Crippen LogP contribution is -2.31. The number of ether oxygens (including phenoxy) is 5. The van der Waals surface area contributed by atoms with Crippen LogP contribution in [0.15, 0.2) is 18.2 Å². The molecule has 0 unspecified atom stereocenters. The van der Waals surface area contributed by atoms with Crippen molar-refractivity contribution in [1.82, 2.24) is 15.5 Å². The van der Waals surface area contributed by atoms with E-state index in [1.54, 1.807) is 25.2 Å². The summed E-state index contributed by atoms with van der Waals surface area (Å²) >= 11 is 0. The van der Waals surface area contributed by atoms with Crippen LogP contribution in [0.25, 0.3) is 0 Å². The van der Waals surface area contributed by atoms with Crippen LogP contribution in [0.5, 0.6) is 0 Å². The molecule has 0 aliphatic rings. The molecule has 0 saturated carbocycles. The third kappa shape index (κ3) is 16.6. The number of nitrogens with one attached hydrogen (secondary N) is 3. The number of likely N-dealkylation sites (N-methyl/N-ethyl adjacent to an activating group) is 1. The monoisotopic (exact) mass is 526 g/mol. The van der Waals surface area contributed by atoms with Crippen molar-refractivity contribution in [3.63, 3.8) is 0 Å². The molecule has 12 heteroatoms. The van der Waals surface area contributed by atoms with Crippen LogP contribution in [-0.2, 0) is 39.9 Å². The van der Waals surface area contributed by atoms with Crippen LogP contribution < -0.4 is 16.0 Å². The quantitative estimate of drug-likeness (QED) is 0.135. The van der Waals surface area contributed by atoms with Crippen LogP contribution in [0.2, 0.25) is 0 Å². The maximum Gasteiger partial charge on any atom is 0.293 e. The summed E-state index contributed by atoms with van der Waals surface area (Å²) < 4.78 is 26.5. The smallest absolute Gasteiger partial charge is 0.293 e. The van der Waals surface area contributed by atoms with Crippen LogP contribution in [0, 0.1) is 0 Å². The molecular formula is C25H42N4O8. The van der Waals surface area contributed by atoms with E-state index in [2.05, 4.69) is 16.0 Å². The first kappa shape index (κ1) is 32.3. The molecule has 1 aromatic carbocycles. The van der Waals surface area contributed by atoms with Crippen molar-refractivity contribution < 1.29 is 38.1 Å². The van der Waals surface area contributed by atoms with E-state index >= 15 is 0 Å². The number of hydrogen-bond acceptors (Lipinski definition) is 10. The number of rotatable bonds is 23. The van der Waals surface area contributed by atoms with Gasteiger partial charge in [-0.25, -0.2) is 0 Å².